The number of aromatic amines is 1. The number of rotatable bonds is 9. The lowest BCUT2D eigenvalue weighted by Crippen LogP contribution is -2.05. The van der Waals surface area contributed by atoms with E-state index >= 15 is 0 Å². The molecule has 0 aliphatic carbocycles. The maximum atomic E-state index is 4.42. The maximum Gasteiger partial charge on any atom is 0.205 e. The summed E-state index contributed by atoms with van der Waals surface area (Å²) in [7, 11) is 0. The fourth-order valence-corrected chi connectivity index (χ4v) is 4.97. The number of nitrogens with one attached hydrogen (secondary N) is 1. The Kier molecular flexibility index (Phi) is 7.22. The van der Waals surface area contributed by atoms with E-state index in [1.54, 1.807) is 0 Å². The SMILES string of the molecule is CCC(C)Cc1ccc(-c2ccccc2-c2nnnn2Cc2ccc(-c3ccccc3-c3nn[nH]n3)cc2)cc1. The summed E-state index contributed by atoms with van der Waals surface area (Å²) in [5.74, 6) is 1.99. The van der Waals surface area contributed by atoms with Gasteiger partial charge in [-0.15, -0.1) is 15.3 Å². The maximum absolute atomic E-state index is 4.42. The minimum atomic E-state index is 0.553. The summed E-state index contributed by atoms with van der Waals surface area (Å²) in [6.45, 7) is 5.09. The smallest absolute Gasteiger partial charge is 0.205 e. The summed E-state index contributed by atoms with van der Waals surface area (Å²) in [4.78, 5) is 0. The fraction of sp³-hybridized carbons (Fsp3) is 0.188. The Hall–Kier alpha value is -4.98. The minimum absolute atomic E-state index is 0.553. The van der Waals surface area contributed by atoms with E-state index in [4.69, 9.17) is 0 Å². The van der Waals surface area contributed by atoms with Gasteiger partial charge in [-0.25, -0.2) is 4.68 Å². The summed E-state index contributed by atoms with van der Waals surface area (Å²) in [6.07, 6.45) is 2.28. The van der Waals surface area contributed by atoms with Crippen molar-refractivity contribution >= 4 is 0 Å². The van der Waals surface area contributed by atoms with E-state index in [0.717, 1.165) is 51.2 Å². The predicted molar refractivity (Wildman–Crippen MR) is 156 cm³/mol. The normalized spacial score (nSPS) is 11.9. The zero-order valence-electron chi connectivity index (χ0n) is 22.6. The van der Waals surface area contributed by atoms with Crippen LogP contribution in [-0.4, -0.2) is 40.8 Å². The lowest BCUT2D eigenvalue weighted by molar-refractivity contribution is 0.560. The molecule has 40 heavy (non-hydrogen) atoms. The second kappa shape index (κ2) is 11.4. The summed E-state index contributed by atoms with van der Waals surface area (Å²) >= 11 is 0. The Morgan fingerprint density at radius 3 is 1.93 bits per heavy atom. The van der Waals surface area contributed by atoms with Gasteiger partial charge >= 0.3 is 0 Å². The molecule has 0 bridgehead atoms. The van der Waals surface area contributed by atoms with Crippen molar-refractivity contribution < 1.29 is 0 Å². The molecule has 6 rings (SSSR count). The molecule has 4 aromatic carbocycles. The van der Waals surface area contributed by atoms with Crippen LogP contribution in [0.4, 0.5) is 0 Å². The highest BCUT2D eigenvalue weighted by molar-refractivity contribution is 5.81. The lowest BCUT2D eigenvalue weighted by atomic mass is 9.95. The largest absolute Gasteiger partial charge is 0.221 e. The summed E-state index contributed by atoms with van der Waals surface area (Å²) < 4.78 is 1.86. The monoisotopic (exact) mass is 526 g/mol. The number of benzene rings is 4. The van der Waals surface area contributed by atoms with Crippen molar-refractivity contribution in [2.75, 3.05) is 0 Å². The molecule has 0 fully saturated rings. The quantitative estimate of drug-likeness (QED) is 0.231. The molecular formula is C32H30N8. The molecule has 0 amide bonds. The molecule has 0 aliphatic heterocycles. The molecule has 6 aromatic rings. The zero-order chi connectivity index (χ0) is 27.3. The van der Waals surface area contributed by atoms with Gasteiger partial charge in [0.25, 0.3) is 0 Å². The van der Waals surface area contributed by atoms with E-state index in [-0.39, 0.29) is 0 Å². The lowest BCUT2D eigenvalue weighted by Gasteiger charge is -2.12. The molecule has 0 radical (unpaired) electrons. The molecule has 1 atom stereocenters. The van der Waals surface area contributed by atoms with Gasteiger partial charge in [0.15, 0.2) is 5.82 Å². The van der Waals surface area contributed by atoms with Crippen molar-refractivity contribution in [2.45, 2.75) is 33.2 Å². The zero-order valence-corrected chi connectivity index (χ0v) is 22.6. The first-order valence-corrected chi connectivity index (χ1v) is 13.6. The van der Waals surface area contributed by atoms with Gasteiger partial charge in [0.2, 0.25) is 5.82 Å². The third-order valence-electron chi connectivity index (χ3n) is 7.36. The summed E-state index contributed by atoms with van der Waals surface area (Å²) in [5.41, 5.74) is 8.78. The van der Waals surface area contributed by atoms with Gasteiger partial charge in [0, 0.05) is 11.1 Å². The minimum Gasteiger partial charge on any atom is -0.221 e. The van der Waals surface area contributed by atoms with Gasteiger partial charge in [-0.05, 0) is 61.4 Å². The van der Waals surface area contributed by atoms with E-state index in [1.165, 1.54) is 12.0 Å². The van der Waals surface area contributed by atoms with E-state index in [1.807, 2.05) is 28.9 Å². The van der Waals surface area contributed by atoms with E-state index in [2.05, 4.69) is 123 Å². The molecule has 8 heteroatoms. The third kappa shape index (κ3) is 5.29. The van der Waals surface area contributed by atoms with Crippen LogP contribution in [0, 0.1) is 5.92 Å². The number of nitrogens with zero attached hydrogens (tertiary/aromatic N) is 7. The summed E-state index contributed by atoms with van der Waals surface area (Å²) in [5, 5.41) is 27.3. The summed E-state index contributed by atoms with van der Waals surface area (Å²) in [6, 6.07) is 33.7. The van der Waals surface area contributed by atoms with Crippen LogP contribution in [0.3, 0.4) is 0 Å². The highest BCUT2D eigenvalue weighted by Gasteiger charge is 2.16. The molecule has 0 saturated heterocycles. The van der Waals surface area contributed by atoms with Gasteiger partial charge in [-0.2, -0.15) is 5.21 Å². The Labute approximate surface area is 233 Å². The van der Waals surface area contributed by atoms with Gasteiger partial charge in [0.05, 0.1) is 6.54 Å². The van der Waals surface area contributed by atoms with Gasteiger partial charge in [-0.1, -0.05) is 117 Å². The van der Waals surface area contributed by atoms with Crippen molar-refractivity contribution in [2.24, 2.45) is 5.92 Å². The van der Waals surface area contributed by atoms with Crippen molar-refractivity contribution in [3.8, 4) is 45.0 Å². The molecular weight excluding hydrogens is 496 g/mol. The highest BCUT2D eigenvalue weighted by atomic mass is 15.5. The van der Waals surface area contributed by atoms with Crippen LogP contribution in [0.15, 0.2) is 97.1 Å². The second-order valence-electron chi connectivity index (χ2n) is 10.1. The fourth-order valence-electron chi connectivity index (χ4n) is 4.97. The van der Waals surface area contributed by atoms with Crippen LogP contribution in [0.1, 0.15) is 31.4 Å². The number of hydrogen-bond acceptors (Lipinski definition) is 6. The molecule has 0 saturated carbocycles. The second-order valence-corrected chi connectivity index (χ2v) is 10.1. The topological polar surface area (TPSA) is 98.1 Å². The molecule has 198 valence electrons. The van der Waals surface area contributed by atoms with Crippen LogP contribution >= 0.6 is 0 Å². The Morgan fingerprint density at radius 1 is 0.700 bits per heavy atom. The van der Waals surface area contributed by atoms with Gasteiger partial charge in [0.1, 0.15) is 0 Å². The molecule has 2 aromatic heterocycles. The highest BCUT2D eigenvalue weighted by Crippen LogP contribution is 2.32. The number of tetrazole rings is 2. The Morgan fingerprint density at radius 2 is 1.30 bits per heavy atom. The van der Waals surface area contributed by atoms with Crippen LogP contribution in [0.5, 0.6) is 0 Å². The molecule has 0 aliphatic rings. The van der Waals surface area contributed by atoms with Crippen LogP contribution < -0.4 is 0 Å². The van der Waals surface area contributed by atoms with Crippen molar-refractivity contribution in [1.29, 1.82) is 0 Å². The van der Waals surface area contributed by atoms with E-state index in [9.17, 15) is 0 Å². The first kappa shape index (κ1) is 25.3. The number of H-pyrrole nitrogens is 1. The third-order valence-corrected chi connectivity index (χ3v) is 7.36. The Balaban J connectivity index is 1.25. The van der Waals surface area contributed by atoms with Crippen molar-refractivity contribution in [3.63, 3.8) is 0 Å². The van der Waals surface area contributed by atoms with Crippen LogP contribution in [-0.2, 0) is 13.0 Å². The molecule has 1 N–H and O–H groups in total. The number of aromatic nitrogens is 8. The Bertz CT molecular complexity index is 1690. The average Bonchev–Trinajstić information content (AvgIpc) is 3.71. The first-order valence-electron chi connectivity index (χ1n) is 13.6. The first-order chi connectivity index (χ1) is 19.7. The number of hydrogen-bond donors (Lipinski definition) is 1. The average molecular weight is 527 g/mol. The predicted octanol–water partition coefficient (Wildman–Crippen LogP) is 6.49. The standard InChI is InChI=1S/C32H30N8/c1-3-22(2)20-23-12-16-26(17-13-23)28-9-5-7-11-30(28)32-35-38-39-40(32)21-24-14-18-25(19-15-24)27-8-4-6-10-29(27)31-33-36-37-34-31/h4-19,22H,3,20-21H2,1-2H3,(H,33,34,36,37). The molecule has 1 unspecified atom stereocenters. The molecule has 8 nitrogen and oxygen atoms in total. The van der Waals surface area contributed by atoms with Crippen molar-refractivity contribution in [1.82, 2.24) is 40.8 Å². The van der Waals surface area contributed by atoms with Gasteiger partial charge in [-0.3, -0.25) is 0 Å². The van der Waals surface area contributed by atoms with Crippen LogP contribution in [0.25, 0.3) is 45.0 Å². The van der Waals surface area contributed by atoms with E-state index in [0.29, 0.717) is 18.3 Å². The van der Waals surface area contributed by atoms with Crippen molar-refractivity contribution in [3.05, 3.63) is 108 Å². The van der Waals surface area contributed by atoms with Crippen LogP contribution in [0.2, 0.25) is 0 Å². The van der Waals surface area contributed by atoms with Gasteiger partial charge < -0.3 is 0 Å². The molecule has 0 spiro atoms. The van der Waals surface area contributed by atoms with E-state index < -0.39 is 0 Å². The molecule has 2 heterocycles.